The van der Waals surface area contributed by atoms with Crippen LogP contribution < -0.4 is 5.32 Å². The van der Waals surface area contributed by atoms with E-state index in [1.165, 1.54) is 38.9 Å². The molecule has 2 fully saturated rings. The number of nitrogens with zero attached hydrogens (tertiary/aromatic N) is 3. The third kappa shape index (κ3) is 7.04. The van der Waals surface area contributed by atoms with Crippen LogP contribution in [0.5, 0.6) is 0 Å². The van der Waals surface area contributed by atoms with Crippen molar-refractivity contribution >= 4 is 29.9 Å². The zero-order chi connectivity index (χ0) is 16.5. The van der Waals surface area contributed by atoms with Crippen molar-refractivity contribution in [2.75, 3.05) is 52.9 Å². The van der Waals surface area contributed by atoms with Crippen LogP contribution in [0, 0.1) is 5.92 Å². The number of likely N-dealkylation sites (tertiary alicyclic amines) is 2. The lowest BCUT2D eigenvalue weighted by Gasteiger charge is -2.34. The third-order valence-corrected chi connectivity index (χ3v) is 5.35. The van der Waals surface area contributed by atoms with Gasteiger partial charge in [-0.2, -0.15) is 0 Å². The lowest BCUT2D eigenvalue weighted by molar-refractivity contribution is 0.0263. The summed E-state index contributed by atoms with van der Waals surface area (Å²) in [5, 5.41) is 3.58. The van der Waals surface area contributed by atoms with Crippen LogP contribution in [0.1, 0.15) is 46.0 Å². The fourth-order valence-corrected chi connectivity index (χ4v) is 3.78. The van der Waals surface area contributed by atoms with E-state index in [9.17, 15) is 0 Å². The molecule has 2 saturated heterocycles. The predicted molar refractivity (Wildman–Crippen MR) is 112 cm³/mol. The summed E-state index contributed by atoms with van der Waals surface area (Å²) in [6.45, 7) is 12.1. The Labute approximate surface area is 165 Å². The second-order valence-electron chi connectivity index (χ2n) is 6.78. The molecule has 2 rings (SSSR count). The summed E-state index contributed by atoms with van der Waals surface area (Å²) in [6.07, 6.45) is 6.65. The number of aliphatic imine (C=N–C) groups is 1. The van der Waals surface area contributed by atoms with Crippen molar-refractivity contribution in [2.24, 2.45) is 10.9 Å². The molecule has 2 aliphatic rings. The molecule has 0 radical (unpaired) electrons. The van der Waals surface area contributed by atoms with Crippen molar-refractivity contribution in [3.63, 3.8) is 0 Å². The highest BCUT2D eigenvalue weighted by molar-refractivity contribution is 14.0. The lowest BCUT2D eigenvalue weighted by atomic mass is 9.93. The van der Waals surface area contributed by atoms with E-state index in [1.54, 1.807) is 0 Å². The Hall–Kier alpha value is -0.0800. The third-order valence-electron chi connectivity index (χ3n) is 5.35. The first-order chi connectivity index (χ1) is 11.3. The molecule has 0 aliphatic carbocycles. The smallest absolute Gasteiger partial charge is 0.193 e. The van der Waals surface area contributed by atoms with Crippen molar-refractivity contribution < 1.29 is 4.74 Å². The van der Waals surface area contributed by atoms with Gasteiger partial charge in [0.1, 0.15) is 0 Å². The standard InChI is InChI=1S/C18H36N4O.HI/c1-4-21-12-7-16(8-13-21)6-11-20-18(19-3)22-14-9-17(10-15-22)23-5-2;/h16-17H,4-15H2,1-3H3,(H,19,20);1H. The Morgan fingerprint density at radius 2 is 1.75 bits per heavy atom. The molecule has 0 atom stereocenters. The molecule has 0 unspecified atom stereocenters. The Morgan fingerprint density at radius 3 is 2.29 bits per heavy atom. The van der Waals surface area contributed by atoms with Crippen LogP contribution in [0.2, 0.25) is 0 Å². The second-order valence-corrected chi connectivity index (χ2v) is 6.78. The first-order valence-electron chi connectivity index (χ1n) is 9.56. The van der Waals surface area contributed by atoms with Crippen molar-refractivity contribution in [1.29, 1.82) is 0 Å². The highest BCUT2D eigenvalue weighted by Crippen LogP contribution is 2.19. The predicted octanol–water partition coefficient (Wildman–Crippen LogP) is 2.80. The summed E-state index contributed by atoms with van der Waals surface area (Å²) in [6, 6.07) is 0. The fourth-order valence-electron chi connectivity index (χ4n) is 3.78. The van der Waals surface area contributed by atoms with Gasteiger partial charge in [-0.1, -0.05) is 6.92 Å². The summed E-state index contributed by atoms with van der Waals surface area (Å²) >= 11 is 0. The summed E-state index contributed by atoms with van der Waals surface area (Å²) < 4.78 is 5.73. The second kappa shape index (κ2) is 12.3. The van der Waals surface area contributed by atoms with Crippen LogP contribution in [-0.2, 0) is 4.74 Å². The minimum absolute atomic E-state index is 0. The Balaban J connectivity index is 0.00000288. The molecule has 0 saturated carbocycles. The highest BCUT2D eigenvalue weighted by Gasteiger charge is 2.22. The molecule has 0 spiro atoms. The van der Waals surface area contributed by atoms with Crippen LogP contribution in [-0.4, -0.2) is 74.8 Å². The maximum atomic E-state index is 5.73. The molecule has 0 aromatic heterocycles. The van der Waals surface area contributed by atoms with Gasteiger partial charge in [0.25, 0.3) is 0 Å². The van der Waals surface area contributed by atoms with Gasteiger partial charge >= 0.3 is 0 Å². The lowest BCUT2D eigenvalue weighted by Crippen LogP contribution is -2.47. The summed E-state index contributed by atoms with van der Waals surface area (Å²) in [4.78, 5) is 9.42. The minimum atomic E-state index is 0. The maximum absolute atomic E-state index is 5.73. The molecular weight excluding hydrogens is 415 g/mol. The van der Waals surface area contributed by atoms with Gasteiger partial charge in [-0.3, -0.25) is 4.99 Å². The molecule has 1 N–H and O–H groups in total. The number of guanidine groups is 1. The Morgan fingerprint density at radius 1 is 1.08 bits per heavy atom. The molecule has 0 amide bonds. The monoisotopic (exact) mass is 452 g/mol. The normalized spacial score (nSPS) is 21.6. The average Bonchev–Trinajstić information content (AvgIpc) is 2.60. The number of rotatable bonds is 6. The van der Waals surface area contributed by atoms with Crippen LogP contribution in [0.15, 0.2) is 4.99 Å². The van der Waals surface area contributed by atoms with Crippen molar-refractivity contribution in [3.8, 4) is 0 Å². The van der Waals surface area contributed by atoms with Gasteiger partial charge in [0.2, 0.25) is 0 Å². The molecule has 24 heavy (non-hydrogen) atoms. The zero-order valence-corrected chi connectivity index (χ0v) is 18.1. The summed E-state index contributed by atoms with van der Waals surface area (Å²) in [7, 11) is 1.90. The number of hydrogen-bond donors (Lipinski definition) is 1. The molecule has 0 aromatic carbocycles. The van der Waals surface area contributed by atoms with Crippen molar-refractivity contribution in [3.05, 3.63) is 0 Å². The van der Waals surface area contributed by atoms with E-state index in [0.717, 1.165) is 51.0 Å². The van der Waals surface area contributed by atoms with Crippen LogP contribution in [0.3, 0.4) is 0 Å². The van der Waals surface area contributed by atoms with E-state index in [1.807, 2.05) is 7.05 Å². The molecule has 2 heterocycles. The molecule has 6 heteroatoms. The van der Waals surface area contributed by atoms with E-state index in [-0.39, 0.29) is 24.0 Å². The van der Waals surface area contributed by atoms with E-state index in [2.05, 4.69) is 34.0 Å². The van der Waals surface area contributed by atoms with Crippen LogP contribution in [0.4, 0.5) is 0 Å². The number of piperidine rings is 2. The van der Waals surface area contributed by atoms with E-state index in [4.69, 9.17) is 4.74 Å². The molecule has 142 valence electrons. The van der Waals surface area contributed by atoms with Gasteiger partial charge in [-0.05, 0) is 64.6 Å². The van der Waals surface area contributed by atoms with Gasteiger partial charge in [0, 0.05) is 33.3 Å². The Kier molecular flexibility index (Phi) is 11.3. The molecule has 2 aliphatic heterocycles. The topological polar surface area (TPSA) is 40.1 Å². The largest absolute Gasteiger partial charge is 0.378 e. The van der Waals surface area contributed by atoms with Crippen LogP contribution in [0.25, 0.3) is 0 Å². The first kappa shape index (κ1) is 22.0. The van der Waals surface area contributed by atoms with Crippen molar-refractivity contribution in [2.45, 2.75) is 52.1 Å². The minimum Gasteiger partial charge on any atom is -0.378 e. The van der Waals surface area contributed by atoms with Gasteiger partial charge in [0.05, 0.1) is 6.10 Å². The van der Waals surface area contributed by atoms with Gasteiger partial charge in [-0.15, -0.1) is 24.0 Å². The van der Waals surface area contributed by atoms with Gasteiger partial charge in [-0.25, -0.2) is 0 Å². The van der Waals surface area contributed by atoms with E-state index >= 15 is 0 Å². The molecular formula is C18H37IN4O. The molecule has 5 nitrogen and oxygen atoms in total. The van der Waals surface area contributed by atoms with E-state index in [0.29, 0.717) is 6.10 Å². The average molecular weight is 452 g/mol. The van der Waals surface area contributed by atoms with Gasteiger partial charge < -0.3 is 19.9 Å². The van der Waals surface area contributed by atoms with Crippen molar-refractivity contribution in [1.82, 2.24) is 15.1 Å². The maximum Gasteiger partial charge on any atom is 0.193 e. The SMILES string of the molecule is CCOC1CCN(C(=NC)NCCC2CCN(CC)CC2)CC1.I. The number of nitrogens with one attached hydrogen (secondary N) is 1. The van der Waals surface area contributed by atoms with Gasteiger partial charge in [0.15, 0.2) is 5.96 Å². The number of halogens is 1. The molecule has 0 aromatic rings. The van der Waals surface area contributed by atoms with E-state index < -0.39 is 0 Å². The summed E-state index contributed by atoms with van der Waals surface area (Å²) in [5.74, 6) is 1.96. The summed E-state index contributed by atoms with van der Waals surface area (Å²) in [5.41, 5.74) is 0. The first-order valence-corrected chi connectivity index (χ1v) is 9.56. The fraction of sp³-hybridized carbons (Fsp3) is 0.944. The zero-order valence-electron chi connectivity index (χ0n) is 15.8. The highest BCUT2D eigenvalue weighted by atomic mass is 127. The number of ether oxygens (including phenoxy) is 1. The Bertz CT molecular complexity index is 351. The van der Waals surface area contributed by atoms with Crippen LogP contribution >= 0.6 is 24.0 Å². The quantitative estimate of drug-likeness (QED) is 0.382. The number of hydrogen-bond acceptors (Lipinski definition) is 3. The molecule has 0 bridgehead atoms.